The molecule has 29 heavy (non-hydrogen) atoms. The van der Waals surface area contributed by atoms with Crippen LogP contribution in [0.5, 0.6) is 0 Å². The number of carbonyl (C=O) groups is 1. The summed E-state index contributed by atoms with van der Waals surface area (Å²) in [4.78, 5) is 26.9. The molecule has 0 spiro atoms. The SMILES string of the molecule is Cc1nccc(N2CCC3C(CCCN3C(=O)c3nn(C)c4c3CCCC4)C2)n1. The summed E-state index contributed by atoms with van der Waals surface area (Å²) in [7, 11) is 1.99. The van der Waals surface area contributed by atoms with Crippen LogP contribution in [0.15, 0.2) is 12.3 Å². The molecule has 2 unspecified atom stereocenters. The second-order valence-electron chi connectivity index (χ2n) is 8.77. The van der Waals surface area contributed by atoms with E-state index in [1.165, 1.54) is 30.5 Å². The zero-order valence-corrected chi connectivity index (χ0v) is 17.5. The zero-order valence-electron chi connectivity index (χ0n) is 17.5. The highest BCUT2D eigenvalue weighted by atomic mass is 16.2. The van der Waals surface area contributed by atoms with Gasteiger partial charge in [0.15, 0.2) is 5.69 Å². The number of hydrogen-bond acceptors (Lipinski definition) is 5. The molecule has 2 atom stereocenters. The smallest absolute Gasteiger partial charge is 0.274 e. The molecule has 0 saturated carbocycles. The van der Waals surface area contributed by atoms with Crippen molar-refractivity contribution < 1.29 is 4.79 Å². The molecule has 0 aromatic carbocycles. The zero-order chi connectivity index (χ0) is 20.0. The van der Waals surface area contributed by atoms with Gasteiger partial charge in [0, 0.05) is 50.2 Å². The van der Waals surface area contributed by atoms with Crippen LogP contribution in [-0.4, -0.2) is 56.2 Å². The summed E-state index contributed by atoms with van der Waals surface area (Å²) < 4.78 is 1.95. The van der Waals surface area contributed by atoms with E-state index in [-0.39, 0.29) is 5.91 Å². The molecule has 154 valence electrons. The van der Waals surface area contributed by atoms with E-state index in [9.17, 15) is 4.79 Å². The molecule has 1 aliphatic carbocycles. The molecule has 4 heterocycles. The van der Waals surface area contributed by atoms with Crippen LogP contribution in [0.25, 0.3) is 0 Å². The van der Waals surface area contributed by atoms with Crippen molar-refractivity contribution in [2.45, 2.75) is 57.9 Å². The Bertz CT molecular complexity index is 922. The van der Waals surface area contributed by atoms with Gasteiger partial charge >= 0.3 is 0 Å². The predicted molar refractivity (Wildman–Crippen MR) is 111 cm³/mol. The van der Waals surface area contributed by atoms with E-state index < -0.39 is 0 Å². The van der Waals surface area contributed by atoms with E-state index in [2.05, 4.69) is 24.9 Å². The molecule has 0 N–H and O–H groups in total. The van der Waals surface area contributed by atoms with Gasteiger partial charge in [0.25, 0.3) is 5.91 Å². The maximum absolute atomic E-state index is 13.6. The standard InChI is InChI=1S/C22H30N6O/c1-15-23-11-9-20(24-15)27-13-10-18-16(14-27)6-5-12-28(18)22(29)21-17-7-3-4-8-19(17)26(2)25-21/h9,11,16,18H,3-8,10,12-14H2,1-2H3. The van der Waals surface area contributed by atoms with Crippen molar-refractivity contribution in [3.63, 3.8) is 0 Å². The van der Waals surface area contributed by atoms with Crippen LogP contribution in [0.1, 0.15) is 59.7 Å². The van der Waals surface area contributed by atoms with Crippen LogP contribution >= 0.6 is 0 Å². The van der Waals surface area contributed by atoms with Crippen molar-refractivity contribution in [1.82, 2.24) is 24.6 Å². The number of amides is 1. The topological polar surface area (TPSA) is 67.2 Å². The van der Waals surface area contributed by atoms with Crippen LogP contribution in [0, 0.1) is 12.8 Å². The lowest BCUT2D eigenvalue weighted by Crippen LogP contribution is -2.56. The van der Waals surface area contributed by atoms with Gasteiger partial charge in [-0.15, -0.1) is 0 Å². The Morgan fingerprint density at radius 1 is 1.14 bits per heavy atom. The quantitative estimate of drug-likeness (QED) is 0.783. The minimum atomic E-state index is 0.157. The molecule has 3 aliphatic rings. The highest BCUT2D eigenvalue weighted by Gasteiger charge is 2.40. The number of carbonyl (C=O) groups excluding carboxylic acids is 1. The first-order valence-electron chi connectivity index (χ1n) is 11.0. The second kappa shape index (κ2) is 7.43. The Kier molecular flexibility index (Phi) is 4.76. The largest absolute Gasteiger partial charge is 0.356 e. The third-order valence-corrected chi connectivity index (χ3v) is 6.98. The molecule has 2 aliphatic heterocycles. The number of anilines is 1. The molecule has 7 heteroatoms. The molecule has 7 nitrogen and oxygen atoms in total. The summed E-state index contributed by atoms with van der Waals surface area (Å²) in [5.41, 5.74) is 3.19. The molecule has 0 bridgehead atoms. The number of rotatable bonds is 2. The minimum absolute atomic E-state index is 0.157. The fraction of sp³-hybridized carbons (Fsp3) is 0.636. The van der Waals surface area contributed by atoms with Crippen molar-refractivity contribution >= 4 is 11.7 Å². The first-order valence-corrected chi connectivity index (χ1v) is 11.0. The normalized spacial score (nSPS) is 24.2. The van der Waals surface area contributed by atoms with Gasteiger partial charge in [-0.25, -0.2) is 9.97 Å². The number of fused-ring (bicyclic) bond motifs is 2. The van der Waals surface area contributed by atoms with Gasteiger partial charge in [0.1, 0.15) is 11.6 Å². The van der Waals surface area contributed by atoms with Crippen LogP contribution in [-0.2, 0) is 19.9 Å². The Morgan fingerprint density at radius 2 is 2.00 bits per heavy atom. The van der Waals surface area contributed by atoms with Crippen LogP contribution in [0.2, 0.25) is 0 Å². The van der Waals surface area contributed by atoms with E-state index in [1.54, 1.807) is 0 Å². The first-order chi connectivity index (χ1) is 14.1. The average molecular weight is 395 g/mol. The Labute approximate surface area is 172 Å². The van der Waals surface area contributed by atoms with Crippen molar-refractivity contribution in [3.05, 3.63) is 35.0 Å². The summed E-state index contributed by atoms with van der Waals surface area (Å²) in [5.74, 6) is 2.48. The van der Waals surface area contributed by atoms with Crippen molar-refractivity contribution in [2.75, 3.05) is 24.5 Å². The first kappa shape index (κ1) is 18.6. The molecule has 0 radical (unpaired) electrons. The van der Waals surface area contributed by atoms with Crippen LogP contribution in [0.3, 0.4) is 0 Å². The van der Waals surface area contributed by atoms with Gasteiger partial charge in [0.2, 0.25) is 0 Å². The molecule has 2 aromatic heterocycles. The predicted octanol–water partition coefficient (Wildman–Crippen LogP) is 2.53. The minimum Gasteiger partial charge on any atom is -0.356 e. The van der Waals surface area contributed by atoms with E-state index >= 15 is 0 Å². The van der Waals surface area contributed by atoms with Gasteiger partial charge in [0.05, 0.1) is 0 Å². The van der Waals surface area contributed by atoms with Crippen LogP contribution < -0.4 is 4.90 Å². The Morgan fingerprint density at radius 3 is 2.86 bits per heavy atom. The second-order valence-corrected chi connectivity index (χ2v) is 8.77. The van der Waals surface area contributed by atoms with E-state index in [1.807, 2.05) is 30.9 Å². The Hall–Kier alpha value is -2.44. The van der Waals surface area contributed by atoms with Crippen molar-refractivity contribution in [2.24, 2.45) is 13.0 Å². The molecule has 2 saturated heterocycles. The Balaban J connectivity index is 1.36. The molecule has 2 aromatic rings. The molecule has 2 fully saturated rings. The van der Waals surface area contributed by atoms with Crippen molar-refractivity contribution in [1.29, 1.82) is 0 Å². The van der Waals surface area contributed by atoms with Crippen molar-refractivity contribution in [3.8, 4) is 0 Å². The fourth-order valence-corrected chi connectivity index (χ4v) is 5.56. The number of likely N-dealkylation sites (tertiary alicyclic amines) is 1. The van der Waals surface area contributed by atoms with Gasteiger partial charge in [-0.3, -0.25) is 9.48 Å². The number of hydrogen-bond donors (Lipinski definition) is 0. The summed E-state index contributed by atoms with van der Waals surface area (Å²) in [6.45, 7) is 4.69. The summed E-state index contributed by atoms with van der Waals surface area (Å²) in [5, 5.41) is 4.68. The molecule has 1 amide bonds. The monoisotopic (exact) mass is 394 g/mol. The lowest BCUT2D eigenvalue weighted by Gasteiger charge is -2.47. The summed E-state index contributed by atoms with van der Waals surface area (Å²) >= 11 is 0. The van der Waals surface area contributed by atoms with Gasteiger partial charge in [-0.2, -0.15) is 5.10 Å². The highest BCUT2D eigenvalue weighted by molar-refractivity contribution is 5.94. The lowest BCUT2D eigenvalue weighted by atomic mass is 9.83. The maximum atomic E-state index is 13.6. The lowest BCUT2D eigenvalue weighted by molar-refractivity contribution is 0.0441. The van der Waals surface area contributed by atoms with E-state index in [4.69, 9.17) is 0 Å². The third kappa shape index (κ3) is 3.30. The van der Waals surface area contributed by atoms with E-state index in [0.29, 0.717) is 12.0 Å². The number of nitrogens with zero attached hydrogens (tertiary/aromatic N) is 6. The third-order valence-electron chi connectivity index (χ3n) is 6.98. The number of piperidine rings is 2. The average Bonchev–Trinajstić information content (AvgIpc) is 3.09. The van der Waals surface area contributed by atoms with Gasteiger partial charge in [-0.1, -0.05) is 0 Å². The molecular formula is C22H30N6O. The van der Waals surface area contributed by atoms with Gasteiger partial charge in [-0.05, 0) is 63.9 Å². The van der Waals surface area contributed by atoms with Gasteiger partial charge < -0.3 is 9.80 Å². The summed E-state index contributed by atoms with van der Waals surface area (Å²) in [6, 6.07) is 2.32. The van der Waals surface area contributed by atoms with Crippen LogP contribution in [0.4, 0.5) is 5.82 Å². The summed E-state index contributed by atoms with van der Waals surface area (Å²) in [6.07, 6.45) is 9.48. The fourth-order valence-electron chi connectivity index (χ4n) is 5.56. The number of aryl methyl sites for hydroxylation is 2. The molecule has 5 rings (SSSR count). The van der Waals surface area contributed by atoms with E-state index in [0.717, 1.165) is 62.7 Å². The maximum Gasteiger partial charge on any atom is 0.274 e. The highest BCUT2D eigenvalue weighted by Crippen LogP contribution is 2.34. The number of aromatic nitrogens is 4. The molecular weight excluding hydrogens is 364 g/mol.